The van der Waals surface area contributed by atoms with Crippen LogP contribution in [0.25, 0.3) is 0 Å². The maximum atomic E-state index is 11.5. The number of hydrogen-bond donors (Lipinski definition) is 1. The van der Waals surface area contributed by atoms with Crippen LogP contribution >= 0.6 is 0 Å². The third-order valence-electron chi connectivity index (χ3n) is 2.67. The lowest BCUT2D eigenvalue weighted by molar-refractivity contribution is 0.140. The zero-order valence-corrected chi connectivity index (χ0v) is 11.9. The number of alkyl carbamates (subject to hydrolysis) is 1. The van der Waals surface area contributed by atoms with Crippen molar-refractivity contribution in [2.75, 3.05) is 6.54 Å². The second-order valence-corrected chi connectivity index (χ2v) is 4.44. The van der Waals surface area contributed by atoms with Crippen LogP contribution in [0, 0.1) is 11.8 Å². The standard InChI is InChI=1S/C16H17N3O2/c1-19-12-15(11-18-19)9-5-6-10-17-16(20)21-13-14-7-3-2-4-8-14/h2-4,7-8,11-12H,6,10,13H2,1H3,(H,17,20). The Morgan fingerprint density at radius 3 is 2.90 bits per heavy atom. The number of amides is 1. The molecule has 5 heteroatoms. The van der Waals surface area contributed by atoms with Crippen LogP contribution in [0.1, 0.15) is 17.5 Å². The average Bonchev–Trinajstić information content (AvgIpc) is 2.91. The Balaban J connectivity index is 1.62. The highest BCUT2D eigenvalue weighted by molar-refractivity contribution is 5.67. The lowest BCUT2D eigenvalue weighted by Crippen LogP contribution is -2.24. The van der Waals surface area contributed by atoms with Gasteiger partial charge in [-0.15, -0.1) is 0 Å². The summed E-state index contributed by atoms with van der Waals surface area (Å²) >= 11 is 0. The SMILES string of the molecule is Cn1cc(C#CCCNC(=O)OCc2ccccc2)cn1. The highest BCUT2D eigenvalue weighted by Crippen LogP contribution is 2.00. The van der Waals surface area contributed by atoms with Crippen LogP contribution in [0.5, 0.6) is 0 Å². The van der Waals surface area contributed by atoms with Crippen LogP contribution in [0.2, 0.25) is 0 Å². The van der Waals surface area contributed by atoms with Crippen molar-refractivity contribution in [1.82, 2.24) is 15.1 Å². The van der Waals surface area contributed by atoms with Gasteiger partial charge in [-0.25, -0.2) is 4.79 Å². The van der Waals surface area contributed by atoms with Crippen LogP contribution in [0.3, 0.4) is 0 Å². The molecule has 1 N–H and O–H groups in total. The molecule has 0 aliphatic rings. The molecule has 0 fully saturated rings. The highest BCUT2D eigenvalue weighted by Gasteiger charge is 2.00. The summed E-state index contributed by atoms with van der Waals surface area (Å²) in [5.74, 6) is 5.94. The van der Waals surface area contributed by atoms with Gasteiger partial charge in [0.1, 0.15) is 6.61 Å². The summed E-state index contributed by atoms with van der Waals surface area (Å²) in [6.07, 6.45) is 3.68. The molecule has 0 aliphatic carbocycles. The lowest BCUT2D eigenvalue weighted by Gasteiger charge is -2.05. The van der Waals surface area contributed by atoms with E-state index in [2.05, 4.69) is 22.3 Å². The minimum absolute atomic E-state index is 0.272. The van der Waals surface area contributed by atoms with Crippen molar-refractivity contribution in [2.45, 2.75) is 13.0 Å². The molecule has 1 aromatic heterocycles. The number of rotatable bonds is 4. The van der Waals surface area contributed by atoms with Crippen LogP contribution in [-0.2, 0) is 18.4 Å². The fourth-order valence-corrected chi connectivity index (χ4v) is 1.65. The van der Waals surface area contributed by atoms with Crippen molar-refractivity contribution < 1.29 is 9.53 Å². The zero-order chi connectivity index (χ0) is 14.9. The molecule has 2 aromatic rings. The fourth-order valence-electron chi connectivity index (χ4n) is 1.65. The molecule has 0 saturated carbocycles. The fraction of sp³-hybridized carbons (Fsp3) is 0.250. The maximum absolute atomic E-state index is 11.5. The summed E-state index contributed by atoms with van der Waals surface area (Å²) in [7, 11) is 1.84. The zero-order valence-electron chi connectivity index (χ0n) is 11.9. The van der Waals surface area contributed by atoms with E-state index in [1.165, 1.54) is 0 Å². The topological polar surface area (TPSA) is 56.2 Å². The molecular weight excluding hydrogens is 266 g/mol. The summed E-state index contributed by atoms with van der Waals surface area (Å²) in [6.45, 7) is 0.731. The molecule has 0 bridgehead atoms. The van der Waals surface area contributed by atoms with Crippen LogP contribution in [0.15, 0.2) is 42.7 Å². The van der Waals surface area contributed by atoms with Crippen LogP contribution in [0.4, 0.5) is 4.79 Å². The van der Waals surface area contributed by atoms with Crippen molar-refractivity contribution in [3.8, 4) is 11.8 Å². The van der Waals surface area contributed by atoms with Crippen LogP contribution in [-0.4, -0.2) is 22.4 Å². The number of ether oxygens (including phenoxy) is 1. The molecule has 0 aliphatic heterocycles. The summed E-state index contributed by atoms with van der Waals surface area (Å²) in [4.78, 5) is 11.5. The Morgan fingerprint density at radius 1 is 1.38 bits per heavy atom. The molecule has 1 aromatic carbocycles. The quantitative estimate of drug-likeness (QED) is 0.690. The van der Waals surface area contributed by atoms with Gasteiger partial charge in [-0.3, -0.25) is 4.68 Å². The number of aromatic nitrogens is 2. The predicted molar refractivity (Wildman–Crippen MR) is 79.3 cm³/mol. The molecule has 21 heavy (non-hydrogen) atoms. The summed E-state index contributed by atoms with van der Waals surface area (Å²) in [5, 5.41) is 6.68. The van der Waals surface area contributed by atoms with Crippen molar-refractivity contribution in [2.24, 2.45) is 7.05 Å². The van der Waals surface area contributed by atoms with Gasteiger partial charge in [0.2, 0.25) is 0 Å². The molecule has 1 heterocycles. The van der Waals surface area contributed by atoms with E-state index in [1.54, 1.807) is 10.9 Å². The smallest absolute Gasteiger partial charge is 0.407 e. The Kier molecular flexibility index (Phi) is 5.41. The molecule has 1 amide bonds. The van der Waals surface area contributed by atoms with Gasteiger partial charge in [0, 0.05) is 26.2 Å². The number of hydrogen-bond acceptors (Lipinski definition) is 3. The van der Waals surface area contributed by atoms with E-state index in [9.17, 15) is 4.79 Å². The van der Waals surface area contributed by atoms with E-state index in [-0.39, 0.29) is 6.61 Å². The Labute approximate surface area is 123 Å². The minimum Gasteiger partial charge on any atom is -0.445 e. The largest absolute Gasteiger partial charge is 0.445 e. The minimum atomic E-state index is -0.429. The van der Waals surface area contributed by atoms with E-state index in [0.29, 0.717) is 13.0 Å². The molecule has 5 nitrogen and oxygen atoms in total. The first-order chi connectivity index (χ1) is 10.2. The first-order valence-corrected chi connectivity index (χ1v) is 6.66. The number of benzene rings is 1. The van der Waals surface area contributed by atoms with Crippen molar-refractivity contribution in [1.29, 1.82) is 0 Å². The van der Waals surface area contributed by atoms with Gasteiger partial charge < -0.3 is 10.1 Å². The lowest BCUT2D eigenvalue weighted by atomic mass is 10.2. The summed E-state index contributed by atoms with van der Waals surface area (Å²) in [5.41, 5.74) is 1.83. The van der Waals surface area contributed by atoms with E-state index < -0.39 is 6.09 Å². The van der Waals surface area contributed by atoms with Crippen molar-refractivity contribution in [3.63, 3.8) is 0 Å². The summed E-state index contributed by atoms with van der Waals surface area (Å²) in [6, 6.07) is 9.55. The van der Waals surface area contributed by atoms with E-state index in [1.807, 2.05) is 43.6 Å². The Hall–Kier alpha value is -2.74. The van der Waals surface area contributed by atoms with Crippen molar-refractivity contribution >= 4 is 6.09 Å². The van der Waals surface area contributed by atoms with Crippen LogP contribution < -0.4 is 5.32 Å². The number of carbonyl (C=O) groups excluding carboxylic acids is 1. The molecule has 0 radical (unpaired) electrons. The Morgan fingerprint density at radius 2 is 2.19 bits per heavy atom. The number of nitrogens with one attached hydrogen (secondary N) is 1. The van der Waals surface area contributed by atoms with Gasteiger partial charge in [0.05, 0.1) is 11.8 Å². The average molecular weight is 283 g/mol. The number of nitrogens with zero attached hydrogens (tertiary/aromatic N) is 2. The van der Waals surface area contributed by atoms with Gasteiger partial charge in [-0.2, -0.15) is 5.10 Å². The van der Waals surface area contributed by atoms with Crippen molar-refractivity contribution in [3.05, 3.63) is 53.9 Å². The normalized spacial score (nSPS) is 9.57. The number of carbonyl (C=O) groups is 1. The van der Waals surface area contributed by atoms with E-state index in [4.69, 9.17) is 4.74 Å². The third-order valence-corrected chi connectivity index (χ3v) is 2.67. The maximum Gasteiger partial charge on any atom is 0.407 e. The second-order valence-electron chi connectivity index (χ2n) is 4.44. The monoisotopic (exact) mass is 283 g/mol. The molecule has 2 rings (SSSR count). The molecule has 108 valence electrons. The van der Waals surface area contributed by atoms with Gasteiger partial charge in [0.25, 0.3) is 0 Å². The van der Waals surface area contributed by atoms with Gasteiger partial charge in [-0.05, 0) is 5.56 Å². The van der Waals surface area contributed by atoms with Gasteiger partial charge in [0.15, 0.2) is 0 Å². The van der Waals surface area contributed by atoms with Gasteiger partial charge in [-0.1, -0.05) is 42.2 Å². The molecule has 0 spiro atoms. The molecule has 0 atom stereocenters. The van der Waals surface area contributed by atoms with E-state index >= 15 is 0 Å². The first-order valence-electron chi connectivity index (χ1n) is 6.66. The predicted octanol–water partition coefficient (Wildman–Crippen LogP) is 2.09. The number of aryl methyl sites for hydroxylation is 1. The van der Waals surface area contributed by atoms with E-state index in [0.717, 1.165) is 11.1 Å². The third kappa shape index (κ3) is 5.41. The van der Waals surface area contributed by atoms with Gasteiger partial charge >= 0.3 is 6.09 Å². The molecular formula is C16H17N3O2. The molecule has 0 saturated heterocycles. The molecule has 0 unspecified atom stereocenters. The first kappa shape index (κ1) is 14.7. The second kappa shape index (κ2) is 7.75. The Bertz CT molecular complexity index is 638. The summed E-state index contributed by atoms with van der Waals surface area (Å²) < 4.78 is 6.78. The highest BCUT2D eigenvalue weighted by atomic mass is 16.5.